The number of carbonyl (C=O) groups is 1. The van der Waals surface area contributed by atoms with E-state index in [2.05, 4.69) is 41.5 Å². The number of likely N-dealkylation sites (N-methyl/N-ethyl adjacent to an activating group) is 1. The minimum atomic E-state index is -0.0924. The third-order valence-electron chi connectivity index (χ3n) is 4.39. The second kappa shape index (κ2) is 6.89. The molecule has 0 bridgehead atoms. The normalized spacial score (nSPS) is 16.4. The van der Waals surface area contributed by atoms with Crippen LogP contribution in [0.2, 0.25) is 0 Å². The van der Waals surface area contributed by atoms with Crippen molar-refractivity contribution in [2.75, 3.05) is 32.5 Å². The van der Waals surface area contributed by atoms with Crippen molar-refractivity contribution in [3.8, 4) is 0 Å². The lowest BCUT2D eigenvalue weighted by molar-refractivity contribution is 0.0556. The van der Waals surface area contributed by atoms with Crippen molar-refractivity contribution in [2.45, 2.75) is 38.1 Å². The van der Waals surface area contributed by atoms with Crippen LogP contribution >= 0.6 is 0 Å². The van der Waals surface area contributed by atoms with Gasteiger partial charge >= 0.3 is 0 Å². The Balaban J connectivity index is 1.88. The molecule has 1 aliphatic carbocycles. The van der Waals surface area contributed by atoms with E-state index in [0.717, 1.165) is 31.5 Å². The number of nitrogens with one attached hydrogen (secondary N) is 2. The maximum Gasteiger partial charge on any atom is 0.269 e. The lowest BCUT2D eigenvalue weighted by atomic mass is 9.75. The molecule has 1 fully saturated rings. The molecule has 5 heteroatoms. The van der Waals surface area contributed by atoms with Gasteiger partial charge in [0.05, 0.1) is 11.9 Å². The van der Waals surface area contributed by atoms with Gasteiger partial charge in [-0.15, -0.1) is 0 Å². The lowest BCUT2D eigenvalue weighted by Gasteiger charge is -2.47. The molecular weight excluding hydrogens is 264 g/mol. The second-order valence-corrected chi connectivity index (χ2v) is 6.01. The summed E-state index contributed by atoms with van der Waals surface area (Å²) in [7, 11) is 4.16. The van der Waals surface area contributed by atoms with E-state index in [-0.39, 0.29) is 11.4 Å². The maximum absolute atomic E-state index is 12.2. The first-order chi connectivity index (χ1) is 10.1. The van der Waals surface area contributed by atoms with Gasteiger partial charge in [0.2, 0.25) is 0 Å². The number of nitrogens with zero attached hydrogens (tertiary/aromatic N) is 2. The van der Waals surface area contributed by atoms with E-state index in [0.29, 0.717) is 12.2 Å². The summed E-state index contributed by atoms with van der Waals surface area (Å²) in [4.78, 5) is 18.6. The Kier molecular flexibility index (Phi) is 5.17. The SMILES string of the molecule is CCCNc1ccc(C(=O)NCC2(N(C)C)CCC2)nc1. The van der Waals surface area contributed by atoms with Crippen molar-refractivity contribution >= 4 is 11.6 Å². The molecule has 5 nitrogen and oxygen atoms in total. The fraction of sp³-hybridized carbons (Fsp3) is 0.625. The fourth-order valence-electron chi connectivity index (χ4n) is 2.60. The van der Waals surface area contributed by atoms with Crippen LogP contribution in [0.5, 0.6) is 0 Å². The van der Waals surface area contributed by atoms with Crippen LogP contribution in [0.1, 0.15) is 43.1 Å². The minimum absolute atomic E-state index is 0.0924. The number of carbonyl (C=O) groups excluding carboxylic acids is 1. The number of pyridine rings is 1. The van der Waals surface area contributed by atoms with Gasteiger partial charge < -0.3 is 15.5 Å². The van der Waals surface area contributed by atoms with Gasteiger partial charge in [-0.1, -0.05) is 6.92 Å². The summed E-state index contributed by atoms with van der Waals surface area (Å²) in [6, 6.07) is 3.68. The molecular formula is C16H26N4O. The highest BCUT2D eigenvalue weighted by Gasteiger charge is 2.39. The van der Waals surface area contributed by atoms with Crippen molar-refractivity contribution in [3.63, 3.8) is 0 Å². The highest BCUT2D eigenvalue weighted by molar-refractivity contribution is 5.92. The molecule has 0 saturated heterocycles. The predicted molar refractivity (Wildman–Crippen MR) is 85.6 cm³/mol. The highest BCUT2D eigenvalue weighted by atomic mass is 16.1. The summed E-state index contributed by atoms with van der Waals surface area (Å²) in [5, 5.41) is 6.27. The zero-order valence-corrected chi connectivity index (χ0v) is 13.3. The number of hydrogen-bond donors (Lipinski definition) is 2. The van der Waals surface area contributed by atoms with E-state index in [1.165, 1.54) is 6.42 Å². The largest absolute Gasteiger partial charge is 0.384 e. The van der Waals surface area contributed by atoms with Crippen molar-refractivity contribution < 1.29 is 4.79 Å². The van der Waals surface area contributed by atoms with Gasteiger partial charge in [0, 0.05) is 18.6 Å². The fourth-order valence-corrected chi connectivity index (χ4v) is 2.60. The molecule has 0 unspecified atom stereocenters. The van der Waals surface area contributed by atoms with Crippen LogP contribution in [-0.2, 0) is 0 Å². The van der Waals surface area contributed by atoms with Gasteiger partial charge in [0.15, 0.2) is 0 Å². The van der Waals surface area contributed by atoms with Crippen LogP contribution < -0.4 is 10.6 Å². The van der Waals surface area contributed by atoms with E-state index in [1.54, 1.807) is 12.3 Å². The van der Waals surface area contributed by atoms with Crippen molar-refractivity contribution in [2.24, 2.45) is 0 Å². The van der Waals surface area contributed by atoms with Crippen LogP contribution in [0.25, 0.3) is 0 Å². The van der Waals surface area contributed by atoms with Gasteiger partial charge in [-0.2, -0.15) is 0 Å². The van der Waals surface area contributed by atoms with Crippen molar-refractivity contribution in [1.82, 2.24) is 15.2 Å². The molecule has 0 aromatic carbocycles. The Labute approximate surface area is 127 Å². The molecule has 1 aromatic heterocycles. The first-order valence-corrected chi connectivity index (χ1v) is 7.73. The molecule has 21 heavy (non-hydrogen) atoms. The van der Waals surface area contributed by atoms with Gasteiger partial charge in [-0.05, 0) is 51.9 Å². The summed E-state index contributed by atoms with van der Waals surface area (Å²) in [6.07, 6.45) is 6.32. The van der Waals surface area contributed by atoms with Gasteiger partial charge in [0.25, 0.3) is 5.91 Å². The molecule has 116 valence electrons. The molecule has 1 aliphatic rings. The molecule has 0 spiro atoms. The van der Waals surface area contributed by atoms with Gasteiger partial charge in [-0.25, -0.2) is 4.98 Å². The molecule has 1 heterocycles. The number of anilines is 1. The van der Waals surface area contributed by atoms with E-state index in [9.17, 15) is 4.79 Å². The average Bonchev–Trinajstić information content (AvgIpc) is 2.44. The Bertz CT molecular complexity index is 466. The third kappa shape index (κ3) is 3.73. The molecule has 0 aliphatic heterocycles. The molecule has 0 atom stereocenters. The van der Waals surface area contributed by atoms with Crippen LogP contribution in [0.3, 0.4) is 0 Å². The van der Waals surface area contributed by atoms with Crippen molar-refractivity contribution in [3.05, 3.63) is 24.0 Å². The summed E-state index contributed by atoms with van der Waals surface area (Å²) in [6.45, 7) is 3.72. The zero-order chi connectivity index (χ0) is 15.3. The molecule has 0 radical (unpaired) electrons. The Morgan fingerprint density at radius 1 is 1.38 bits per heavy atom. The Morgan fingerprint density at radius 2 is 2.14 bits per heavy atom. The third-order valence-corrected chi connectivity index (χ3v) is 4.39. The molecule has 2 N–H and O–H groups in total. The standard InChI is InChI=1S/C16H26N4O/c1-4-10-17-13-6-7-14(18-11-13)15(21)19-12-16(20(2)3)8-5-9-16/h6-7,11,17H,4-5,8-10,12H2,1-3H3,(H,19,21). The summed E-state index contributed by atoms with van der Waals surface area (Å²) < 4.78 is 0. The molecule has 2 rings (SSSR count). The van der Waals surface area contributed by atoms with Crippen LogP contribution in [-0.4, -0.2) is 48.5 Å². The first-order valence-electron chi connectivity index (χ1n) is 7.73. The van der Waals surface area contributed by atoms with E-state index in [1.807, 2.05) is 6.07 Å². The highest BCUT2D eigenvalue weighted by Crippen LogP contribution is 2.35. The molecule has 1 saturated carbocycles. The number of rotatable bonds is 7. The quantitative estimate of drug-likeness (QED) is 0.807. The van der Waals surface area contributed by atoms with Crippen LogP contribution in [0.15, 0.2) is 18.3 Å². The van der Waals surface area contributed by atoms with E-state index >= 15 is 0 Å². The topological polar surface area (TPSA) is 57.3 Å². The Hall–Kier alpha value is -1.62. The first kappa shape index (κ1) is 15.8. The Morgan fingerprint density at radius 3 is 2.62 bits per heavy atom. The number of amides is 1. The number of hydrogen-bond acceptors (Lipinski definition) is 4. The minimum Gasteiger partial charge on any atom is -0.384 e. The second-order valence-electron chi connectivity index (χ2n) is 6.01. The monoisotopic (exact) mass is 290 g/mol. The van der Waals surface area contributed by atoms with Gasteiger partial charge in [0.1, 0.15) is 5.69 Å². The van der Waals surface area contributed by atoms with E-state index < -0.39 is 0 Å². The van der Waals surface area contributed by atoms with Crippen LogP contribution in [0, 0.1) is 0 Å². The molecule has 1 amide bonds. The number of aromatic nitrogens is 1. The zero-order valence-electron chi connectivity index (χ0n) is 13.3. The van der Waals surface area contributed by atoms with Gasteiger partial charge in [-0.3, -0.25) is 4.79 Å². The predicted octanol–water partition coefficient (Wildman–Crippen LogP) is 2.12. The van der Waals surface area contributed by atoms with E-state index in [4.69, 9.17) is 0 Å². The summed E-state index contributed by atoms with van der Waals surface area (Å²) in [5.74, 6) is -0.0924. The maximum atomic E-state index is 12.2. The lowest BCUT2D eigenvalue weighted by Crippen LogP contribution is -2.57. The molecule has 1 aromatic rings. The summed E-state index contributed by atoms with van der Waals surface area (Å²) in [5.41, 5.74) is 1.57. The smallest absolute Gasteiger partial charge is 0.269 e. The summed E-state index contributed by atoms with van der Waals surface area (Å²) >= 11 is 0. The average molecular weight is 290 g/mol. The van der Waals surface area contributed by atoms with Crippen molar-refractivity contribution in [1.29, 1.82) is 0 Å². The van der Waals surface area contributed by atoms with Crippen LogP contribution in [0.4, 0.5) is 5.69 Å².